The number of nitrogen functional groups attached to an aromatic ring is 1. The van der Waals surface area contributed by atoms with E-state index in [9.17, 15) is 0 Å². The van der Waals surface area contributed by atoms with Crippen molar-refractivity contribution in [3.63, 3.8) is 0 Å². The molecule has 1 atom stereocenters. The lowest BCUT2D eigenvalue weighted by Crippen LogP contribution is -2.22. The molecule has 23 heavy (non-hydrogen) atoms. The van der Waals surface area contributed by atoms with Crippen LogP contribution in [0.5, 0.6) is 0 Å². The number of nitrogens with zero attached hydrogens (tertiary/aromatic N) is 5. The Labute approximate surface area is 138 Å². The quantitative estimate of drug-likeness (QED) is 0.780. The van der Waals surface area contributed by atoms with Gasteiger partial charge >= 0.3 is 0 Å². The summed E-state index contributed by atoms with van der Waals surface area (Å²) in [4.78, 5) is 20.4. The smallest absolute Gasteiger partial charge is 0.225 e. The van der Waals surface area contributed by atoms with Gasteiger partial charge in [-0.2, -0.15) is 0 Å². The summed E-state index contributed by atoms with van der Waals surface area (Å²) in [5.74, 6) is 1.20. The second-order valence-electron chi connectivity index (χ2n) is 5.99. The molecule has 0 bridgehead atoms. The molecule has 0 radical (unpaired) electrons. The van der Waals surface area contributed by atoms with Crippen molar-refractivity contribution in [3.8, 4) is 0 Å². The van der Waals surface area contributed by atoms with Crippen molar-refractivity contribution in [2.45, 2.75) is 26.2 Å². The summed E-state index contributed by atoms with van der Waals surface area (Å²) in [5.41, 5.74) is 9.61. The van der Waals surface area contributed by atoms with Crippen LogP contribution in [0.2, 0.25) is 0 Å². The highest BCUT2D eigenvalue weighted by Gasteiger charge is 2.27. The van der Waals surface area contributed by atoms with Crippen molar-refractivity contribution in [3.05, 3.63) is 35.3 Å². The molecular formula is C16H18N6S. The first kappa shape index (κ1) is 14.3. The number of hydrogen-bond donors (Lipinski definition) is 1. The molecule has 1 fully saturated rings. The molecule has 0 amide bonds. The number of aryl methyl sites for hydroxylation is 2. The van der Waals surface area contributed by atoms with Crippen LogP contribution in [-0.2, 0) is 0 Å². The lowest BCUT2D eigenvalue weighted by molar-refractivity contribution is 0.746. The van der Waals surface area contributed by atoms with E-state index >= 15 is 0 Å². The van der Waals surface area contributed by atoms with Gasteiger partial charge in [-0.3, -0.25) is 0 Å². The molecule has 1 aliphatic heterocycles. The predicted molar refractivity (Wildman–Crippen MR) is 92.9 cm³/mol. The van der Waals surface area contributed by atoms with E-state index in [1.165, 1.54) is 11.3 Å². The van der Waals surface area contributed by atoms with Gasteiger partial charge in [0.15, 0.2) is 10.8 Å². The van der Waals surface area contributed by atoms with E-state index in [4.69, 9.17) is 10.7 Å². The Morgan fingerprint density at radius 2 is 1.91 bits per heavy atom. The fourth-order valence-electron chi connectivity index (χ4n) is 3.11. The van der Waals surface area contributed by atoms with Crippen molar-refractivity contribution >= 4 is 32.8 Å². The number of aromatic nitrogens is 4. The first-order chi connectivity index (χ1) is 11.1. The van der Waals surface area contributed by atoms with E-state index in [0.717, 1.165) is 52.9 Å². The normalized spacial score (nSPS) is 18.0. The number of pyridine rings is 1. The van der Waals surface area contributed by atoms with Gasteiger partial charge in [0.1, 0.15) is 0 Å². The van der Waals surface area contributed by atoms with E-state index < -0.39 is 0 Å². The summed E-state index contributed by atoms with van der Waals surface area (Å²) < 4.78 is 1.04. The molecule has 7 heteroatoms. The van der Waals surface area contributed by atoms with Gasteiger partial charge in [0.2, 0.25) is 5.95 Å². The van der Waals surface area contributed by atoms with Crippen LogP contribution in [0.25, 0.3) is 10.3 Å². The maximum atomic E-state index is 5.76. The van der Waals surface area contributed by atoms with Gasteiger partial charge < -0.3 is 10.6 Å². The Morgan fingerprint density at radius 1 is 1.13 bits per heavy atom. The van der Waals surface area contributed by atoms with Gasteiger partial charge in [0, 0.05) is 36.1 Å². The van der Waals surface area contributed by atoms with Crippen LogP contribution in [0.1, 0.15) is 29.4 Å². The summed E-state index contributed by atoms with van der Waals surface area (Å²) in [6.07, 6.45) is 1.05. The zero-order chi connectivity index (χ0) is 16.0. The monoisotopic (exact) mass is 326 g/mol. The molecule has 6 nitrogen and oxygen atoms in total. The van der Waals surface area contributed by atoms with E-state index in [2.05, 4.69) is 32.0 Å². The van der Waals surface area contributed by atoms with Gasteiger partial charge in [-0.05, 0) is 38.5 Å². The highest BCUT2D eigenvalue weighted by atomic mass is 32.1. The van der Waals surface area contributed by atoms with Crippen LogP contribution < -0.4 is 10.6 Å². The third-order valence-electron chi connectivity index (χ3n) is 4.15. The second-order valence-corrected chi connectivity index (χ2v) is 7.05. The molecule has 4 rings (SSSR count). The van der Waals surface area contributed by atoms with Crippen LogP contribution in [0, 0.1) is 13.8 Å². The molecule has 1 aliphatic rings. The van der Waals surface area contributed by atoms with Crippen LogP contribution in [0.4, 0.5) is 11.1 Å². The minimum atomic E-state index is 0.381. The van der Waals surface area contributed by atoms with E-state index in [1.54, 1.807) is 0 Å². The molecule has 3 aromatic rings. The second kappa shape index (κ2) is 5.42. The van der Waals surface area contributed by atoms with Crippen molar-refractivity contribution < 1.29 is 0 Å². The van der Waals surface area contributed by atoms with Gasteiger partial charge in [-0.15, -0.1) is 0 Å². The minimum absolute atomic E-state index is 0.381. The van der Waals surface area contributed by atoms with Crippen LogP contribution >= 0.6 is 11.3 Å². The highest BCUT2D eigenvalue weighted by molar-refractivity contribution is 7.21. The van der Waals surface area contributed by atoms with Gasteiger partial charge in [0.25, 0.3) is 0 Å². The molecule has 118 valence electrons. The van der Waals surface area contributed by atoms with Crippen LogP contribution in [-0.4, -0.2) is 33.0 Å². The maximum absolute atomic E-state index is 5.76. The average Bonchev–Trinajstić information content (AvgIpc) is 3.10. The standard InChI is InChI=1S/C16H18N6S/c1-9-7-10(2)19-16(18-9)22-6-5-11(8-22)12-3-4-13-14(20-12)21-15(17)23-13/h3-4,7,11H,5-6,8H2,1-2H3,(H2,17,20,21)/t11-/m1/s1. The Bertz CT molecular complexity index is 854. The largest absolute Gasteiger partial charge is 0.375 e. The topological polar surface area (TPSA) is 80.8 Å². The van der Waals surface area contributed by atoms with Crippen molar-refractivity contribution in [1.29, 1.82) is 0 Å². The number of nitrogens with two attached hydrogens (primary N) is 1. The highest BCUT2D eigenvalue weighted by Crippen LogP contribution is 2.30. The molecule has 0 saturated carbocycles. The third kappa shape index (κ3) is 2.72. The molecule has 3 aromatic heterocycles. The fraction of sp³-hybridized carbons (Fsp3) is 0.375. The van der Waals surface area contributed by atoms with Gasteiger partial charge in [0.05, 0.1) is 4.70 Å². The van der Waals surface area contributed by atoms with E-state index in [1.807, 2.05) is 19.9 Å². The summed E-state index contributed by atoms with van der Waals surface area (Å²) in [5, 5.41) is 0.571. The molecule has 0 aromatic carbocycles. The van der Waals surface area contributed by atoms with Crippen molar-refractivity contribution in [2.75, 3.05) is 23.7 Å². The number of fused-ring (bicyclic) bond motifs is 1. The third-order valence-corrected chi connectivity index (χ3v) is 4.99. The summed E-state index contributed by atoms with van der Waals surface area (Å²) in [6, 6.07) is 6.16. The number of anilines is 2. The van der Waals surface area contributed by atoms with E-state index in [0.29, 0.717) is 11.0 Å². The average molecular weight is 326 g/mol. The number of thiazole rings is 1. The fourth-order valence-corrected chi connectivity index (χ4v) is 3.79. The maximum Gasteiger partial charge on any atom is 0.225 e. The van der Waals surface area contributed by atoms with Crippen LogP contribution in [0.3, 0.4) is 0 Å². The number of hydrogen-bond acceptors (Lipinski definition) is 7. The van der Waals surface area contributed by atoms with Crippen molar-refractivity contribution in [2.24, 2.45) is 0 Å². The van der Waals surface area contributed by atoms with Crippen molar-refractivity contribution in [1.82, 2.24) is 19.9 Å². The molecule has 0 aliphatic carbocycles. The predicted octanol–water partition coefficient (Wildman–Crippen LogP) is 2.67. The van der Waals surface area contributed by atoms with Gasteiger partial charge in [-0.1, -0.05) is 11.3 Å². The zero-order valence-corrected chi connectivity index (χ0v) is 14.0. The first-order valence-electron chi connectivity index (χ1n) is 7.69. The van der Waals surface area contributed by atoms with E-state index in [-0.39, 0.29) is 0 Å². The molecule has 1 saturated heterocycles. The molecular weight excluding hydrogens is 308 g/mol. The minimum Gasteiger partial charge on any atom is -0.375 e. The lowest BCUT2D eigenvalue weighted by Gasteiger charge is -2.17. The lowest BCUT2D eigenvalue weighted by atomic mass is 10.0. The Morgan fingerprint density at radius 3 is 2.70 bits per heavy atom. The molecule has 4 heterocycles. The molecule has 2 N–H and O–H groups in total. The Hall–Kier alpha value is -2.28. The van der Waals surface area contributed by atoms with Crippen LogP contribution in [0.15, 0.2) is 18.2 Å². The van der Waals surface area contributed by atoms with Gasteiger partial charge in [-0.25, -0.2) is 19.9 Å². The number of rotatable bonds is 2. The summed E-state index contributed by atoms with van der Waals surface area (Å²) in [6.45, 7) is 5.86. The molecule has 0 unspecified atom stereocenters. The molecule has 0 spiro atoms. The zero-order valence-electron chi connectivity index (χ0n) is 13.2. The Kier molecular flexibility index (Phi) is 3.37. The summed E-state index contributed by atoms with van der Waals surface area (Å²) in [7, 11) is 0. The Balaban J connectivity index is 1.59. The first-order valence-corrected chi connectivity index (χ1v) is 8.50. The SMILES string of the molecule is Cc1cc(C)nc(N2CC[C@@H](c3ccc4sc(N)nc4n3)C2)n1. The summed E-state index contributed by atoms with van der Waals surface area (Å²) >= 11 is 1.48.